The molecule has 110 valence electrons. The van der Waals surface area contributed by atoms with E-state index in [0.717, 1.165) is 18.9 Å². The largest absolute Gasteiger partial charge is 0.401 e. The first kappa shape index (κ1) is 15.2. The molecule has 0 amide bonds. The molecule has 2 rings (SSSR count). The molecular weight excluding hydrogens is 292 g/mol. The Bertz CT molecular complexity index is 512. The minimum atomic E-state index is -4.28. The van der Waals surface area contributed by atoms with Crippen LogP contribution >= 0.6 is 12.2 Å². The van der Waals surface area contributed by atoms with Gasteiger partial charge in [-0.15, -0.1) is 0 Å². The first-order chi connectivity index (χ1) is 9.26. The molecule has 1 aromatic rings. The molecule has 0 aromatic heterocycles. The molecular formula is C13H14F4N2S. The third-order valence-electron chi connectivity index (χ3n) is 3.16. The fourth-order valence-corrected chi connectivity index (χ4v) is 2.16. The molecule has 0 heterocycles. The molecule has 20 heavy (non-hydrogen) atoms. The topological polar surface area (TPSA) is 29.3 Å². The highest BCUT2D eigenvalue weighted by Gasteiger charge is 2.38. The van der Waals surface area contributed by atoms with Gasteiger partial charge in [0, 0.05) is 23.7 Å². The average molecular weight is 306 g/mol. The molecule has 0 saturated heterocycles. The highest BCUT2D eigenvalue weighted by atomic mass is 32.1. The third-order valence-corrected chi connectivity index (χ3v) is 3.39. The summed E-state index contributed by atoms with van der Waals surface area (Å²) >= 11 is 4.73. The zero-order chi connectivity index (χ0) is 14.9. The van der Waals surface area contributed by atoms with Crippen molar-refractivity contribution in [2.45, 2.75) is 31.6 Å². The molecule has 1 aromatic carbocycles. The molecule has 1 saturated carbocycles. The van der Waals surface area contributed by atoms with Gasteiger partial charge in [0.1, 0.15) is 10.8 Å². The Morgan fingerprint density at radius 3 is 2.45 bits per heavy atom. The maximum atomic E-state index is 13.9. The van der Waals surface area contributed by atoms with Crippen LogP contribution < -0.4 is 5.73 Å². The highest BCUT2D eigenvalue weighted by molar-refractivity contribution is 7.80. The van der Waals surface area contributed by atoms with Gasteiger partial charge in [0.25, 0.3) is 0 Å². The van der Waals surface area contributed by atoms with Crippen LogP contribution in [0.15, 0.2) is 18.2 Å². The Labute approximate surface area is 119 Å². The quantitative estimate of drug-likeness (QED) is 0.670. The van der Waals surface area contributed by atoms with Crippen molar-refractivity contribution in [3.8, 4) is 0 Å². The molecule has 1 fully saturated rings. The second kappa shape index (κ2) is 5.65. The standard InChI is InChI=1S/C13H14F4N2S/c14-11-5-8(12(18)20)1-2-9(11)6-19(10-3-4-10)7-13(15,16)17/h1-2,5,10H,3-4,6-7H2,(H2,18,20). The first-order valence-corrected chi connectivity index (χ1v) is 6.56. The van der Waals surface area contributed by atoms with Gasteiger partial charge in [-0.05, 0) is 18.9 Å². The van der Waals surface area contributed by atoms with Crippen molar-refractivity contribution in [1.29, 1.82) is 0 Å². The number of halogens is 4. The lowest BCUT2D eigenvalue weighted by molar-refractivity contribution is -0.148. The van der Waals surface area contributed by atoms with Crippen molar-refractivity contribution in [3.63, 3.8) is 0 Å². The third kappa shape index (κ3) is 4.14. The maximum Gasteiger partial charge on any atom is 0.401 e. The molecule has 2 N–H and O–H groups in total. The summed E-state index contributed by atoms with van der Waals surface area (Å²) in [5.41, 5.74) is 5.97. The summed E-state index contributed by atoms with van der Waals surface area (Å²) in [6, 6.07) is 4.02. The van der Waals surface area contributed by atoms with Crippen LogP contribution in [0.4, 0.5) is 17.6 Å². The van der Waals surface area contributed by atoms with Crippen LogP contribution in [-0.4, -0.2) is 28.7 Å². The fourth-order valence-electron chi connectivity index (χ4n) is 2.03. The van der Waals surface area contributed by atoms with Gasteiger partial charge >= 0.3 is 6.18 Å². The lowest BCUT2D eigenvalue weighted by Crippen LogP contribution is -2.35. The van der Waals surface area contributed by atoms with Gasteiger partial charge in [-0.25, -0.2) is 4.39 Å². The Balaban J connectivity index is 2.12. The summed E-state index contributed by atoms with van der Waals surface area (Å²) in [6.45, 7) is -1.08. The van der Waals surface area contributed by atoms with Gasteiger partial charge in [-0.3, -0.25) is 4.90 Å². The monoisotopic (exact) mass is 306 g/mol. The van der Waals surface area contributed by atoms with E-state index in [1.807, 2.05) is 0 Å². The van der Waals surface area contributed by atoms with E-state index in [4.69, 9.17) is 18.0 Å². The second-order valence-electron chi connectivity index (χ2n) is 4.92. The van der Waals surface area contributed by atoms with Gasteiger partial charge in [0.15, 0.2) is 0 Å². The predicted molar refractivity (Wildman–Crippen MR) is 71.8 cm³/mol. The summed E-state index contributed by atoms with van der Waals surface area (Å²) in [7, 11) is 0. The Morgan fingerprint density at radius 1 is 1.35 bits per heavy atom. The summed E-state index contributed by atoms with van der Waals surface area (Å²) in [6.07, 6.45) is -2.83. The van der Waals surface area contributed by atoms with Crippen molar-refractivity contribution in [1.82, 2.24) is 4.90 Å². The number of benzene rings is 1. The highest BCUT2D eigenvalue weighted by Crippen LogP contribution is 2.31. The van der Waals surface area contributed by atoms with E-state index in [0.29, 0.717) is 5.56 Å². The predicted octanol–water partition coefficient (Wildman–Crippen LogP) is 2.99. The van der Waals surface area contributed by atoms with Crippen LogP contribution in [0, 0.1) is 5.82 Å². The molecule has 0 bridgehead atoms. The molecule has 0 atom stereocenters. The van der Waals surface area contributed by atoms with E-state index in [1.165, 1.54) is 17.0 Å². The second-order valence-corrected chi connectivity index (χ2v) is 5.36. The van der Waals surface area contributed by atoms with Gasteiger partial charge in [-0.1, -0.05) is 24.4 Å². The minimum Gasteiger partial charge on any atom is -0.389 e. The van der Waals surface area contributed by atoms with Crippen LogP contribution in [0.5, 0.6) is 0 Å². The Hall–Kier alpha value is -1.21. The number of alkyl halides is 3. The lowest BCUT2D eigenvalue weighted by atomic mass is 10.1. The van der Waals surface area contributed by atoms with Crippen molar-refractivity contribution in [3.05, 3.63) is 35.1 Å². The van der Waals surface area contributed by atoms with Gasteiger partial charge in [0.2, 0.25) is 0 Å². The van der Waals surface area contributed by atoms with E-state index in [-0.39, 0.29) is 23.1 Å². The fraction of sp³-hybridized carbons (Fsp3) is 0.462. The van der Waals surface area contributed by atoms with Crippen molar-refractivity contribution < 1.29 is 17.6 Å². The van der Waals surface area contributed by atoms with Crippen molar-refractivity contribution in [2.24, 2.45) is 5.73 Å². The average Bonchev–Trinajstić information content (AvgIpc) is 3.12. The summed E-state index contributed by atoms with van der Waals surface area (Å²) < 4.78 is 51.4. The van der Waals surface area contributed by atoms with E-state index in [1.54, 1.807) is 0 Å². The number of nitrogens with two attached hydrogens (primary N) is 1. The molecule has 0 spiro atoms. The van der Waals surface area contributed by atoms with Gasteiger partial charge in [0.05, 0.1) is 6.54 Å². The number of thiocarbonyl (C=S) groups is 1. The molecule has 1 aliphatic carbocycles. The van der Waals surface area contributed by atoms with Crippen LogP contribution in [0.25, 0.3) is 0 Å². The molecule has 0 radical (unpaired) electrons. The van der Waals surface area contributed by atoms with Gasteiger partial charge < -0.3 is 5.73 Å². The van der Waals surface area contributed by atoms with Crippen LogP contribution in [0.2, 0.25) is 0 Å². The van der Waals surface area contributed by atoms with Crippen LogP contribution in [0.1, 0.15) is 24.0 Å². The molecule has 7 heteroatoms. The SMILES string of the molecule is NC(=S)c1ccc(CN(CC(F)(F)F)C2CC2)c(F)c1. The normalized spacial score (nSPS) is 15.7. The first-order valence-electron chi connectivity index (χ1n) is 6.15. The minimum absolute atomic E-state index is 0.0600. The maximum absolute atomic E-state index is 13.9. The van der Waals surface area contributed by atoms with Crippen molar-refractivity contribution in [2.75, 3.05) is 6.54 Å². The number of nitrogens with zero attached hydrogens (tertiary/aromatic N) is 1. The van der Waals surface area contributed by atoms with E-state index >= 15 is 0 Å². The zero-order valence-corrected chi connectivity index (χ0v) is 11.4. The Kier molecular flexibility index (Phi) is 4.29. The van der Waals surface area contributed by atoms with Crippen LogP contribution in [0.3, 0.4) is 0 Å². The zero-order valence-electron chi connectivity index (χ0n) is 10.6. The van der Waals surface area contributed by atoms with E-state index in [2.05, 4.69) is 0 Å². The number of hydrogen-bond acceptors (Lipinski definition) is 2. The molecule has 0 aliphatic heterocycles. The van der Waals surface area contributed by atoms with Crippen LogP contribution in [-0.2, 0) is 6.54 Å². The van der Waals surface area contributed by atoms with Crippen molar-refractivity contribution >= 4 is 17.2 Å². The summed E-state index contributed by atoms with van der Waals surface area (Å²) in [5, 5.41) is 0. The summed E-state index contributed by atoms with van der Waals surface area (Å²) in [4.78, 5) is 1.32. The lowest BCUT2D eigenvalue weighted by Gasteiger charge is -2.23. The van der Waals surface area contributed by atoms with E-state index < -0.39 is 18.5 Å². The van der Waals surface area contributed by atoms with E-state index in [9.17, 15) is 17.6 Å². The number of rotatable bonds is 5. The summed E-state index contributed by atoms with van der Waals surface area (Å²) in [5.74, 6) is -0.580. The number of hydrogen-bond donors (Lipinski definition) is 1. The molecule has 2 nitrogen and oxygen atoms in total. The molecule has 0 unspecified atom stereocenters. The smallest absolute Gasteiger partial charge is 0.389 e. The Morgan fingerprint density at radius 2 is 2.00 bits per heavy atom. The van der Waals surface area contributed by atoms with Gasteiger partial charge in [-0.2, -0.15) is 13.2 Å². The molecule has 1 aliphatic rings.